The molecule has 1 heteroatoms. The zero-order valence-corrected chi connectivity index (χ0v) is 13.8. The summed E-state index contributed by atoms with van der Waals surface area (Å²) in [5.74, 6) is 0. The summed E-state index contributed by atoms with van der Waals surface area (Å²) in [6.45, 7) is 6.76. The number of benzene rings is 3. The molecule has 0 unspecified atom stereocenters. The number of hydrogen-bond acceptors (Lipinski definition) is 1. The second-order valence-electron chi connectivity index (χ2n) is 6.86. The summed E-state index contributed by atoms with van der Waals surface area (Å²) in [7, 11) is 2.14. The van der Waals surface area contributed by atoms with Crippen LogP contribution in [0.3, 0.4) is 0 Å². The van der Waals surface area contributed by atoms with Crippen LogP contribution >= 0.6 is 0 Å². The van der Waals surface area contributed by atoms with Crippen LogP contribution in [0.25, 0.3) is 10.8 Å². The maximum absolute atomic E-state index is 2.29. The maximum atomic E-state index is 2.29. The molecule has 0 saturated heterocycles. The van der Waals surface area contributed by atoms with E-state index in [4.69, 9.17) is 0 Å². The molecule has 0 amide bonds. The van der Waals surface area contributed by atoms with Gasteiger partial charge in [-0.3, -0.25) is 0 Å². The van der Waals surface area contributed by atoms with Crippen molar-refractivity contribution >= 4 is 22.1 Å². The third kappa shape index (κ3) is 2.71. The maximum Gasteiger partial charge on any atom is 0.0487 e. The van der Waals surface area contributed by atoms with Crippen molar-refractivity contribution in [2.75, 3.05) is 11.9 Å². The van der Waals surface area contributed by atoms with E-state index < -0.39 is 0 Å². The third-order valence-corrected chi connectivity index (χ3v) is 4.23. The first-order valence-electron chi connectivity index (χ1n) is 7.79. The highest BCUT2D eigenvalue weighted by molar-refractivity contribution is 5.95. The average molecular weight is 289 g/mol. The van der Waals surface area contributed by atoms with E-state index >= 15 is 0 Å². The molecule has 0 N–H and O–H groups in total. The topological polar surface area (TPSA) is 3.24 Å². The Bertz CT molecular complexity index is 791. The Morgan fingerprint density at radius 1 is 0.773 bits per heavy atom. The van der Waals surface area contributed by atoms with E-state index in [2.05, 4.69) is 99.4 Å². The van der Waals surface area contributed by atoms with Crippen LogP contribution in [0.15, 0.2) is 66.7 Å². The lowest BCUT2D eigenvalue weighted by molar-refractivity contribution is 0.590. The fraction of sp³-hybridized carbons (Fsp3) is 0.238. The molecule has 3 aromatic carbocycles. The Balaban J connectivity index is 2.08. The van der Waals surface area contributed by atoms with E-state index in [0.29, 0.717) is 0 Å². The van der Waals surface area contributed by atoms with Gasteiger partial charge in [0.1, 0.15) is 0 Å². The number of rotatable bonds is 2. The molecular weight excluding hydrogens is 266 g/mol. The van der Waals surface area contributed by atoms with Gasteiger partial charge < -0.3 is 4.90 Å². The molecule has 0 bridgehead atoms. The Hall–Kier alpha value is -2.28. The first kappa shape index (κ1) is 14.6. The van der Waals surface area contributed by atoms with Crippen LogP contribution < -0.4 is 4.90 Å². The molecule has 0 aliphatic heterocycles. The van der Waals surface area contributed by atoms with Crippen molar-refractivity contribution in [3.8, 4) is 0 Å². The molecule has 0 aliphatic carbocycles. The monoisotopic (exact) mass is 289 g/mol. The fourth-order valence-corrected chi connectivity index (χ4v) is 2.82. The second kappa shape index (κ2) is 5.49. The van der Waals surface area contributed by atoms with Crippen LogP contribution in [0.5, 0.6) is 0 Å². The number of anilines is 2. The first-order chi connectivity index (χ1) is 10.5. The Labute approximate surface area is 133 Å². The van der Waals surface area contributed by atoms with Crippen molar-refractivity contribution in [3.63, 3.8) is 0 Å². The van der Waals surface area contributed by atoms with E-state index in [9.17, 15) is 0 Å². The summed E-state index contributed by atoms with van der Waals surface area (Å²) in [6.07, 6.45) is 0. The van der Waals surface area contributed by atoms with E-state index in [-0.39, 0.29) is 5.41 Å². The lowest BCUT2D eigenvalue weighted by Crippen LogP contribution is -2.14. The Morgan fingerprint density at radius 2 is 1.45 bits per heavy atom. The summed E-state index contributed by atoms with van der Waals surface area (Å²) in [4.78, 5) is 2.28. The first-order valence-corrected chi connectivity index (χ1v) is 7.79. The molecule has 0 aliphatic rings. The molecule has 0 radical (unpaired) electrons. The number of fused-ring (bicyclic) bond motifs is 1. The van der Waals surface area contributed by atoms with Crippen molar-refractivity contribution in [3.05, 3.63) is 72.3 Å². The molecule has 3 aromatic rings. The second-order valence-corrected chi connectivity index (χ2v) is 6.86. The van der Waals surface area contributed by atoms with Gasteiger partial charge in [0.25, 0.3) is 0 Å². The summed E-state index contributed by atoms with van der Waals surface area (Å²) in [5, 5.41) is 2.56. The molecule has 22 heavy (non-hydrogen) atoms. The predicted octanol–water partition coefficient (Wildman–Crippen LogP) is 5.91. The fourth-order valence-electron chi connectivity index (χ4n) is 2.82. The third-order valence-electron chi connectivity index (χ3n) is 4.23. The minimum Gasteiger partial charge on any atom is -0.344 e. The van der Waals surface area contributed by atoms with Crippen LogP contribution in [0.4, 0.5) is 11.4 Å². The lowest BCUT2D eigenvalue weighted by atomic mass is 9.87. The van der Waals surface area contributed by atoms with Crippen LogP contribution in [-0.2, 0) is 5.41 Å². The number of nitrogens with zero attached hydrogens (tertiary/aromatic N) is 1. The quantitative estimate of drug-likeness (QED) is 0.567. The molecule has 0 aromatic heterocycles. The SMILES string of the molecule is CN(c1cccc(C(C)(C)C)c1)c1cccc2ccccc12. The van der Waals surface area contributed by atoms with Gasteiger partial charge in [-0.2, -0.15) is 0 Å². The zero-order chi connectivity index (χ0) is 15.7. The van der Waals surface area contributed by atoms with Crippen molar-refractivity contribution in [1.82, 2.24) is 0 Å². The van der Waals surface area contributed by atoms with Gasteiger partial charge in [0.15, 0.2) is 0 Å². The molecule has 0 atom stereocenters. The highest BCUT2D eigenvalue weighted by Gasteiger charge is 2.15. The Morgan fingerprint density at radius 3 is 2.23 bits per heavy atom. The van der Waals surface area contributed by atoms with Crippen molar-refractivity contribution in [1.29, 1.82) is 0 Å². The van der Waals surface area contributed by atoms with E-state index in [1.54, 1.807) is 0 Å². The smallest absolute Gasteiger partial charge is 0.0487 e. The van der Waals surface area contributed by atoms with Gasteiger partial charge in [0.2, 0.25) is 0 Å². The molecular formula is C21H23N. The summed E-state index contributed by atoms with van der Waals surface area (Å²) >= 11 is 0. The Kier molecular flexibility index (Phi) is 3.66. The zero-order valence-electron chi connectivity index (χ0n) is 13.8. The molecule has 3 rings (SSSR count). The minimum atomic E-state index is 0.162. The van der Waals surface area contributed by atoms with Gasteiger partial charge in [0.05, 0.1) is 0 Å². The van der Waals surface area contributed by atoms with E-state index in [1.807, 2.05) is 0 Å². The van der Waals surface area contributed by atoms with E-state index in [0.717, 1.165) is 0 Å². The predicted molar refractivity (Wildman–Crippen MR) is 97.2 cm³/mol. The van der Waals surface area contributed by atoms with Crippen LogP contribution in [0.2, 0.25) is 0 Å². The molecule has 0 heterocycles. The van der Waals surface area contributed by atoms with Gasteiger partial charge >= 0.3 is 0 Å². The molecule has 1 nitrogen and oxygen atoms in total. The average Bonchev–Trinajstić information content (AvgIpc) is 2.53. The van der Waals surface area contributed by atoms with Gasteiger partial charge in [-0.25, -0.2) is 0 Å². The molecule has 112 valence electrons. The highest BCUT2D eigenvalue weighted by atomic mass is 15.1. The molecule has 0 spiro atoms. The summed E-state index contributed by atoms with van der Waals surface area (Å²) in [6, 6.07) is 23.9. The largest absolute Gasteiger partial charge is 0.344 e. The normalized spacial score (nSPS) is 11.6. The lowest BCUT2D eigenvalue weighted by Gasteiger charge is -2.25. The van der Waals surface area contributed by atoms with Crippen molar-refractivity contribution < 1.29 is 0 Å². The van der Waals surface area contributed by atoms with Crippen LogP contribution in [-0.4, -0.2) is 7.05 Å². The minimum absolute atomic E-state index is 0.162. The van der Waals surface area contributed by atoms with Gasteiger partial charge in [-0.15, -0.1) is 0 Å². The van der Waals surface area contributed by atoms with Crippen LogP contribution in [0.1, 0.15) is 26.3 Å². The van der Waals surface area contributed by atoms with Gasteiger partial charge in [0, 0.05) is 23.8 Å². The van der Waals surface area contributed by atoms with E-state index in [1.165, 1.54) is 27.7 Å². The number of hydrogen-bond donors (Lipinski definition) is 0. The molecule has 0 fully saturated rings. The van der Waals surface area contributed by atoms with Crippen LogP contribution in [0, 0.1) is 0 Å². The molecule has 0 saturated carbocycles. The van der Waals surface area contributed by atoms with Crippen molar-refractivity contribution in [2.45, 2.75) is 26.2 Å². The van der Waals surface area contributed by atoms with Crippen molar-refractivity contribution in [2.24, 2.45) is 0 Å². The van der Waals surface area contributed by atoms with Gasteiger partial charge in [-0.05, 0) is 34.6 Å². The van der Waals surface area contributed by atoms with Gasteiger partial charge in [-0.1, -0.05) is 69.3 Å². The summed E-state index contributed by atoms with van der Waals surface area (Å²) < 4.78 is 0. The highest BCUT2D eigenvalue weighted by Crippen LogP contribution is 2.33. The standard InChI is InChI=1S/C21H23N/c1-21(2,3)17-11-8-12-18(15-17)22(4)20-14-7-10-16-9-5-6-13-19(16)20/h5-15H,1-4H3. The summed E-state index contributed by atoms with van der Waals surface area (Å²) in [5.41, 5.74) is 3.99.